The van der Waals surface area contributed by atoms with E-state index in [-0.39, 0.29) is 11.5 Å². The Balaban J connectivity index is 1.45. The number of amides is 1. The van der Waals surface area contributed by atoms with Crippen molar-refractivity contribution < 1.29 is 4.79 Å². The summed E-state index contributed by atoms with van der Waals surface area (Å²) in [7, 11) is 0. The third kappa shape index (κ3) is 5.62. The normalized spacial score (nSPS) is 14.8. The average molecular weight is 635 g/mol. The molecule has 1 atom stereocenters. The molecule has 3 aromatic carbocycles. The molecule has 0 saturated heterocycles. The molecule has 0 spiro atoms. The summed E-state index contributed by atoms with van der Waals surface area (Å²) in [5.74, 6) is -0.114. The summed E-state index contributed by atoms with van der Waals surface area (Å²) in [6.45, 7) is 11.0. The van der Waals surface area contributed by atoms with Crippen molar-refractivity contribution in [1.82, 2.24) is 14.0 Å². The lowest BCUT2D eigenvalue weighted by molar-refractivity contribution is -0.127. The molecule has 3 heterocycles. The Kier molecular flexibility index (Phi) is 8.49. The minimum absolute atomic E-state index is 0.114. The Morgan fingerprint density at radius 1 is 0.933 bits per heavy atom. The highest BCUT2D eigenvalue weighted by atomic mass is 35.5. The van der Waals surface area contributed by atoms with Gasteiger partial charge in [0.2, 0.25) is 0 Å². The lowest BCUT2D eigenvalue weighted by Crippen LogP contribution is -2.43. The number of hydrogen-bond donors (Lipinski definition) is 0. The van der Waals surface area contributed by atoms with E-state index < -0.39 is 6.04 Å². The minimum atomic E-state index is -0.607. The van der Waals surface area contributed by atoms with Crippen LogP contribution in [0.2, 0.25) is 5.02 Å². The maximum absolute atomic E-state index is 14.2. The van der Waals surface area contributed by atoms with Crippen molar-refractivity contribution in [2.75, 3.05) is 13.1 Å². The second-order valence-corrected chi connectivity index (χ2v) is 12.6. The number of nitrogens with zero attached hydrogens (tertiary/aromatic N) is 4. The number of carbonyl (C=O) groups excluding carboxylic acids is 1. The van der Waals surface area contributed by atoms with Crippen LogP contribution in [0.5, 0.6) is 0 Å². The first-order chi connectivity index (χ1) is 21.7. The van der Waals surface area contributed by atoms with Crippen LogP contribution < -0.4 is 14.9 Å². The second kappa shape index (κ2) is 12.5. The number of thiazole rings is 1. The van der Waals surface area contributed by atoms with E-state index >= 15 is 0 Å². The topological polar surface area (TPSA) is 59.6 Å². The van der Waals surface area contributed by atoms with Crippen LogP contribution in [0.3, 0.4) is 0 Å². The van der Waals surface area contributed by atoms with Crippen LogP contribution in [-0.2, 0) is 4.79 Å². The van der Waals surface area contributed by atoms with Crippen LogP contribution in [0.4, 0.5) is 0 Å². The van der Waals surface area contributed by atoms with Gasteiger partial charge in [-0.25, -0.2) is 4.99 Å². The summed E-state index contributed by atoms with van der Waals surface area (Å²) in [4.78, 5) is 35.2. The molecule has 6 nitrogen and oxygen atoms in total. The number of allylic oxidation sites excluding steroid dienone is 1. The Morgan fingerprint density at radius 3 is 2.22 bits per heavy atom. The van der Waals surface area contributed by atoms with Gasteiger partial charge in [0.25, 0.3) is 11.5 Å². The van der Waals surface area contributed by atoms with E-state index in [1.165, 1.54) is 16.9 Å². The molecule has 0 aliphatic carbocycles. The van der Waals surface area contributed by atoms with Gasteiger partial charge in [0.1, 0.15) is 0 Å². The second-order valence-electron chi connectivity index (χ2n) is 11.2. The van der Waals surface area contributed by atoms with Gasteiger partial charge in [-0.3, -0.25) is 14.2 Å². The summed E-state index contributed by atoms with van der Waals surface area (Å²) < 4.78 is 4.45. The van der Waals surface area contributed by atoms with Gasteiger partial charge in [-0.1, -0.05) is 77.5 Å². The highest BCUT2D eigenvalue weighted by molar-refractivity contribution is 7.07. The van der Waals surface area contributed by atoms with E-state index in [1.54, 1.807) is 21.6 Å². The Hall–Kier alpha value is -4.46. The quantitative estimate of drug-likeness (QED) is 0.197. The summed E-state index contributed by atoms with van der Waals surface area (Å²) in [5, 5.41) is 0.591. The van der Waals surface area contributed by atoms with Crippen molar-refractivity contribution in [1.29, 1.82) is 0 Å². The zero-order valence-electron chi connectivity index (χ0n) is 26.0. The van der Waals surface area contributed by atoms with Gasteiger partial charge in [-0.15, -0.1) is 0 Å². The van der Waals surface area contributed by atoms with Gasteiger partial charge in [0.15, 0.2) is 4.80 Å². The van der Waals surface area contributed by atoms with Crippen LogP contribution in [0, 0.1) is 13.8 Å². The average Bonchev–Trinajstić information content (AvgIpc) is 3.50. The predicted octanol–water partition coefficient (Wildman–Crippen LogP) is 6.83. The Labute approximate surface area is 271 Å². The molecule has 0 bridgehead atoms. The molecule has 1 aliphatic rings. The molecule has 0 fully saturated rings. The first-order valence-corrected chi connectivity index (χ1v) is 16.3. The first kappa shape index (κ1) is 30.6. The van der Waals surface area contributed by atoms with E-state index in [0.717, 1.165) is 33.8 Å². The van der Waals surface area contributed by atoms with Crippen LogP contribution in [-0.4, -0.2) is 33.0 Å². The van der Waals surface area contributed by atoms with Crippen molar-refractivity contribution in [3.63, 3.8) is 0 Å². The summed E-state index contributed by atoms with van der Waals surface area (Å²) in [5.41, 5.74) is 8.24. The fraction of sp³-hybridized carbons (Fsp3) is 0.216. The monoisotopic (exact) mass is 634 g/mol. The van der Waals surface area contributed by atoms with E-state index in [4.69, 9.17) is 16.6 Å². The van der Waals surface area contributed by atoms with Crippen molar-refractivity contribution in [2.45, 2.75) is 40.7 Å². The largest absolute Gasteiger partial charge is 0.339 e. The van der Waals surface area contributed by atoms with Crippen LogP contribution in [0.15, 0.2) is 106 Å². The number of aromatic nitrogens is 2. The Bertz CT molecular complexity index is 2100. The molecular formula is C37H35ClN4O2S. The lowest BCUT2D eigenvalue weighted by Gasteiger charge is -2.29. The summed E-state index contributed by atoms with van der Waals surface area (Å²) >= 11 is 7.58. The smallest absolute Gasteiger partial charge is 0.271 e. The fourth-order valence-corrected chi connectivity index (χ4v) is 7.31. The molecule has 5 aromatic rings. The molecule has 1 aliphatic heterocycles. The fourth-order valence-electron chi connectivity index (χ4n) is 6.14. The van der Waals surface area contributed by atoms with E-state index in [1.807, 2.05) is 57.2 Å². The first-order valence-electron chi connectivity index (χ1n) is 15.1. The number of fused-ring (bicyclic) bond motifs is 1. The molecule has 0 N–H and O–H groups in total. The van der Waals surface area contributed by atoms with Gasteiger partial charge >= 0.3 is 0 Å². The number of likely N-dealkylation sites (N-methyl/N-ethyl adjacent to an activating group) is 1. The standard InChI is InChI=1S/C37H35ClN4O2S/c1-6-40(7-2)36(44)33-24(4)39-37-42(34(33)28-13-17-30(38)18-14-28)35(43)32(45-37)22-29-21-23(3)41(25(29)5)31-19-15-27(16-20-31)26-11-9-8-10-12-26/h8-22,34H,6-7H2,1-5H3/b32-22+/t34-/m0/s1. The number of rotatable bonds is 7. The van der Waals surface area contributed by atoms with Gasteiger partial charge in [0, 0.05) is 35.2 Å². The summed E-state index contributed by atoms with van der Waals surface area (Å²) in [6, 6.07) is 27.7. The number of hydrogen-bond acceptors (Lipinski definition) is 4. The maximum Gasteiger partial charge on any atom is 0.271 e. The molecule has 6 rings (SSSR count). The number of benzene rings is 3. The maximum atomic E-state index is 14.2. The van der Waals surface area contributed by atoms with Gasteiger partial charge in [-0.05, 0) is 93.3 Å². The zero-order chi connectivity index (χ0) is 31.8. The van der Waals surface area contributed by atoms with Gasteiger partial charge < -0.3 is 9.47 Å². The molecule has 45 heavy (non-hydrogen) atoms. The van der Waals surface area contributed by atoms with Crippen molar-refractivity contribution in [2.24, 2.45) is 4.99 Å². The lowest BCUT2D eigenvalue weighted by atomic mass is 9.94. The third-order valence-corrected chi connectivity index (χ3v) is 9.71. The van der Waals surface area contributed by atoms with Crippen molar-refractivity contribution in [3.05, 3.63) is 143 Å². The molecule has 0 unspecified atom stereocenters. The SMILES string of the molecule is CCN(CC)C(=O)C1=C(C)N=c2s/c(=C/c3cc(C)n(-c4ccc(-c5ccccc5)cc4)c3C)c(=O)n2[C@H]1c1ccc(Cl)cc1. The molecule has 0 saturated carbocycles. The van der Waals surface area contributed by atoms with E-state index in [0.29, 0.717) is 38.7 Å². The van der Waals surface area contributed by atoms with Crippen LogP contribution in [0.25, 0.3) is 22.9 Å². The molecule has 8 heteroatoms. The number of halogens is 1. The Morgan fingerprint density at radius 2 is 1.58 bits per heavy atom. The molecular weight excluding hydrogens is 600 g/mol. The van der Waals surface area contributed by atoms with E-state index in [9.17, 15) is 9.59 Å². The van der Waals surface area contributed by atoms with Crippen molar-refractivity contribution in [3.8, 4) is 16.8 Å². The highest BCUT2D eigenvalue weighted by Gasteiger charge is 2.34. The van der Waals surface area contributed by atoms with Crippen LogP contribution >= 0.6 is 22.9 Å². The third-order valence-electron chi connectivity index (χ3n) is 8.48. The molecule has 0 radical (unpaired) electrons. The van der Waals surface area contributed by atoms with Crippen molar-refractivity contribution >= 4 is 34.9 Å². The van der Waals surface area contributed by atoms with Crippen LogP contribution in [0.1, 0.15) is 49.3 Å². The minimum Gasteiger partial charge on any atom is -0.339 e. The zero-order valence-corrected chi connectivity index (χ0v) is 27.6. The number of carbonyl (C=O) groups is 1. The predicted molar refractivity (Wildman–Crippen MR) is 184 cm³/mol. The van der Waals surface area contributed by atoms with Gasteiger partial charge in [-0.2, -0.15) is 0 Å². The molecule has 228 valence electrons. The highest BCUT2D eigenvalue weighted by Crippen LogP contribution is 2.32. The number of aryl methyl sites for hydroxylation is 1. The van der Waals surface area contributed by atoms with E-state index in [2.05, 4.69) is 60.9 Å². The summed E-state index contributed by atoms with van der Waals surface area (Å²) in [6.07, 6.45) is 1.95. The van der Waals surface area contributed by atoms with Gasteiger partial charge in [0.05, 0.1) is 21.8 Å². The molecule has 1 amide bonds. The molecule has 2 aromatic heterocycles.